The summed E-state index contributed by atoms with van der Waals surface area (Å²) in [6, 6.07) is 5.61. The van der Waals surface area contributed by atoms with Crippen LogP contribution in [0.2, 0.25) is 0 Å². The van der Waals surface area contributed by atoms with Crippen molar-refractivity contribution in [3.8, 4) is 0 Å². The van der Waals surface area contributed by atoms with Gasteiger partial charge in [-0.25, -0.2) is 17.6 Å². The summed E-state index contributed by atoms with van der Waals surface area (Å²) in [5.74, 6) is -5.17. The first-order valence-corrected chi connectivity index (χ1v) is 10.0. The van der Waals surface area contributed by atoms with E-state index in [2.05, 4.69) is 5.32 Å². The average molecular weight is 451 g/mol. The molecule has 0 aromatic heterocycles. The minimum atomic E-state index is -1.10. The van der Waals surface area contributed by atoms with Crippen LogP contribution in [0.1, 0.15) is 33.6 Å². The minimum absolute atomic E-state index is 0.0389. The zero-order chi connectivity index (χ0) is 23.3. The van der Waals surface area contributed by atoms with Crippen molar-refractivity contribution in [1.29, 1.82) is 0 Å². The van der Waals surface area contributed by atoms with E-state index < -0.39 is 35.1 Å². The highest BCUT2D eigenvalue weighted by atomic mass is 19.2. The van der Waals surface area contributed by atoms with Gasteiger partial charge >= 0.3 is 0 Å². The summed E-state index contributed by atoms with van der Waals surface area (Å²) in [7, 11) is 0. The number of piperazine rings is 1. The van der Waals surface area contributed by atoms with Gasteiger partial charge in [0.05, 0.1) is 5.56 Å². The second-order valence-electron chi connectivity index (χ2n) is 7.29. The molecule has 1 saturated heterocycles. The minimum Gasteiger partial charge on any atom is -0.352 e. The molecule has 6 nitrogen and oxygen atoms in total. The quantitative estimate of drug-likeness (QED) is 0.543. The van der Waals surface area contributed by atoms with E-state index in [0.717, 1.165) is 24.3 Å². The van der Waals surface area contributed by atoms with Gasteiger partial charge in [-0.15, -0.1) is 0 Å². The van der Waals surface area contributed by atoms with Crippen molar-refractivity contribution in [2.45, 2.75) is 12.8 Å². The first kappa shape index (κ1) is 23.2. The van der Waals surface area contributed by atoms with Crippen LogP contribution in [0.15, 0.2) is 36.4 Å². The van der Waals surface area contributed by atoms with E-state index in [-0.39, 0.29) is 43.1 Å². The third-order valence-electron chi connectivity index (χ3n) is 5.11. The maximum Gasteiger partial charge on any atom is 0.254 e. The highest BCUT2D eigenvalue weighted by molar-refractivity contribution is 5.95. The van der Waals surface area contributed by atoms with Gasteiger partial charge in [-0.1, -0.05) is 0 Å². The van der Waals surface area contributed by atoms with Gasteiger partial charge in [-0.05, 0) is 36.8 Å². The Bertz CT molecular complexity index is 1020. The molecule has 1 fully saturated rings. The normalized spacial score (nSPS) is 13.8. The zero-order valence-electron chi connectivity index (χ0n) is 17.0. The lowest BCUT2D eigenvalue weighted by atomic mass is 10.1. The lowest BCUT2D eigenvalue weighted by Gasteiger charge is -2.35. The van der Waals surface area contributed by atoms with E-state index >= 15 is 0 Å². The van der Waals surface area contributed by atoms with Crippen molar-refractivity contribution < 1.29 is 31.9 Å². The molecule has 32 heavy (non-hydrogen) atoms. The molecule has 0 atom stereocenters. The molecule has 1 N–H and O–H groups in total. The number of rotatable bonds is 6. The smallest absolute Gasteiger partial charge is 0.254 e. The Morgan fingerprint density at radius 2 is 1.50 bits per heavy atom. The number of nitrogens with zero attached hydrogens (tertiary/aromatic N) is 2. The van der Waals surface area contributed by atoms with Gasteiger partial charge in [-0.3, -0.25) is 14.4 Å². The van der Waals surface area contributed by atoms with Gasteiger partial charge in [0.2, 0.25) is 5.91 Å². The first-order valence-electron chi connectivity index (χ1n) is 10.0. The molecule has 1 heterocycles. The average Bonchev–Trinajstić information content (AvgIpc) is 2.78. The number of hydrogen-bond donors (Lipinski definition) is 1. The van der Waals surface area contributed by atoms with Crippen LogP contribution < -0.4 is 5.32 Å². The molecule has 3 rings (SSSR count). The van der Waals surface area contributed by atoms with Crippen LogP contribution in [-0.4, -0.2) is 60.2 Å². The van der Waals surface area contributed by atoms with Crippen LogP contribution >= 0.6 is 0 Å². The largest absolute Gasteiger partial charge is 0.352 e. The van der Waals surface area contributed by atoms with E-state index in [0.29, 0.717) is 25.6 Å². The van der Waals surface area contributed by atoms with Crippen LogP contribution in [-0.2, 0) is 4.79 Å². The van der Waals surface area contributed by atoms with Gasteiger partial charge in [-0.2, -0.15) is 0 Å². The van der Waals surface area contributed by atoms with Crippen molar-refractivity contribution >= 4 is 17.7 Å². The Morgan fingerprint density at radius 3 is 2.16 bits per heavy atom. The summed E-state index contributed by atoms with van der Waals surface area (Å²) in [6.07, 6.45) is 0.463. The molecule has 0 saturated carbocycles. The van der Waals surface area contributed by atoms with Gasteiger partial charge in [0.25, 0.3) is 11.8 Å². The molecule has 0 bridgehead atoms. The lowest BCUT2D eigenvalue weighted by Crippen LogP contribution is -2.50. The lowest BCUT2D eigenvalue weighted by molar-refractivity contribution is -0.132. The highest BCUT2D eigenvalue weighted by Gasteiger charge is 2.25. The van der Waals surface area contributed by atoms with Crippen LogP contribution in [0.25, 0.3) is 0 Å². The van der Waals surface area contributed by atoms with Crippen LogP contribution in [0.3, 0.4) is 0 Å². The van der Waals surface area contributed by atoms with E-state index in [1.54, 1.807) is 4.90 Å². The van der Waals surface area contributed by atoms with Crippen molar-refractivity contribution in [3.05, 3.63) is 70.8 Å². The zero-order valence-corrected chi connectivity index (χ0v) is 17.0. The number of amides is 3. The molecule has 2 aromatic rings. The predicted molar refractivity (Wildman–Crippen MR) is 107 cm³/mol. The van der Waals surface area contributed by atoms with Gasteiger partial charge < -0.3 is 15.1 Å². The second kappa shape index (κ2) is 10.3. The molecule has 2 aromatic carbocycles. The Labute approximate surface area is 181 Å². The third kappa shape index (κ3) is 5.63. The van der Waals surface area contributed by atoms with E-state index in [9.17, 15) is 31.9 Å². The molecule has 10 heteroatoms. The summed E-state index contributed by atoms with van der Waals surface area (Å²) in [6.45, 7) is 1.23. The van der Waals surface area contributed by atoms with Gasteiger partial charge in [0, 0.05) is 50.8 Å². The fraction of sp³-hybridized carbons (Fsp3) is 0.318. The molecule has 0 radical (unpaired) electrons. The van der Waals surface area contributed by atoms with Crippen LogP contribution in [0.5, 0.6) is 0 Å². The maximum absolute atomic E-state index is 13.6. The number of benzene rings is 2. The second-order valence-corrected chi connectivity index (χ2v) is 7.29. The SMILES string of the molecule is O=C(NCCCC(=O)N1CCN(C(=O)c2ccc(F)c(F)c2)CC1)c1ccc(F)cc1F. The van der Waals surface area contributed by atoms with Crippen molar-refractivity contribution in [2.24, 2.45) is 0 Å². The third-order valence-corrected chi connectivity index (χ3v) is 5.11. The summed E-state index contributed by atoms with van der Waals surface area (Å²) in [5.41, 5.74) is -0.239. The summed E-state index contributed by atoms with van der Waals surface area (Å²) >= 11 is 0. The number of hydrogen-bond acceptors (Lipinski definition) is 3. The number of halogens is 4. The summed E-state index contributed by atoms with van der Waals surface area (Å²) in [5, 5.41) is 2.48. The van der Waals surface area contributed by atoms with Crippen LogP contribution in [0.4, 0.5) is 17.6 Å². The predicted octanol–water partition coefficient (Wildman–Crippen LogP) is 2.74. The molecule has 0 spiro atoms. The Kier molecular flexibility index (Phi) is 7.45. The Morgan fingerprint density at radius 1 is 0.812 bits per heavy atom. The van der Waals surface area contributed by atoms with Gasteiger partial charge in [0.1, 0.15) is 11.6 Å². The Balaban J connectivity index is 1.40. The van der Waals surface area contributed by atoms with Crippen molar-refractivity contribution in [2.75, 3.05) is 32.7 Å². The van der Waals surface area contributed by atoms with Crippen LogP contribution in [0, 0.1) is 23.3 Å². The molecule has 3 amide bonds. The fourth-order valence-corrected chi connectivity index (χ4v) is 3.34. The van der Waals surface area contributed by atoms with Crippen molar-refractivity contribution in [3.63, 3.8) is 0 Å². The molecular formula is C22H21F4N3O3. The number of carbonyl (C=O) groups is 3. The maximum atomic E-state index is 13.6. The van der Waals surface area contributed by atoms with Crippen molar-refractivity contribution in [1.82, 2.24) is 15.1 Å². The van der Waals surface area contributed by atoms with Gasteiger partial charge in [0.15, 0.2) is 11.6 Å². The number of carbonyl (C=O) groups excluding carboxylic acids is 3. The molecule has 0 aliphatic carbocycles. The first-order chi connectivity index (χ1) is 15.3. The van der Waals surface area contributed by atoms with E-state index in [1.807, 2.05) is 0 Å². The highest BCUT2D eigenvalue weighted by Crippen LogP contribution is 2.14. The molecule has 1 aliphatic heterocycles. The number of nitrogens with one attached hydrogen (secondary N) is 1. The Hall–Kier alpha value is -3.43. The molecule has 0 unspecified atom stereocenters. The molecular weight excluding hydrogens is 430 g/mol. The fourth-order valence-electron chi connectivity index (χ4n) is 3.34. The topological polar surface area (TPSA) is 69.7 Å². The van der Waals surface area contributed by atoms with E-state index in [4.69, 9.17) is 0 Å². The summed E-state index contributed by atoms with van der Waals surface area (Å²) < 4.78 is 52.9. The standard InChI is InChI=1S/C22H21F4N3O3/c23-15-4-5-16(18(25)13-15)21(31)27-7-1-2-20(30)28-8-10-29(11-9-28)22(32)14-3-6-17(24)19(26)12-14/h3-6,12-13H,1-2,7-11H2,(H,27,31). The van der Waals surface area contributed by atoms with E-state index in [1.165, 1.54) is 11.0 Å². The molecule has 170 valence electrons. The molecule has 1 aliphatic rings. The monoisotopic (exact) mass is 451 g/mol. The summed E-state index contributed by atoms with van der Waals surface area (Å²) in [4.78, 5) is 39.7.